The predicted octanol–water partition coefficient (Wildman–Crippen LogP) is 1.95. The second-order valence-electron chi connectivity index (χ2n) is 7.96. The van der Waals surface area contributed by atoms with Crippen LogP contribution in [0.5, 0.6) is 0 Å². The predicted molar refractivity (Wildman–Crippen MR) is 112 cm³/mol. The zero-order chi connectivity index (χ0) is 20.9. The van der Waals surface area contributed by atoms with Gasteiger partial charge in [-0.05, 0) is 49.4 Å². The molecule has 3 amide bonds. The summed E-state index contributed by atoms with van der Waals surface area (Å²) in [5.41, 5.74) is 2.70. The molecular formula is C22H27N5O3. The minimum Gasteiger partial charge on any atom is -0.344 e. The second kappa shape index (κ2) is 9.11. The minimum atomic E-state index is -0.597. The molecule has 1 atom stereocenters. The number of amides is 3. The van der Waals surface area contributed by atoms with Gasteiger partial charge in [0, 0.05) is 56.1 Å². The van der Waals surface area contributed by atoms with Crippen LogP contribution in [0.1, 0.15) is 49.3 Å². The molecule has 158 valence electrons. The van der Waals surface area contributed by atoms with Gasteiger partial charge < -0.3 is 15.1 Å². The van der Waals surface area contributed by atoms with E-state index in [1.807, 2.05) is 30.3 Å². The lowest BCUT2D eigenvalue weighted by molar-refractivity contribution is -0.146. The Kier molecular flexibility index (Phi) is 6.11. The van der Waals surface area contributed by atoms with E-state index in [9.17, 15) is 14.4 Å². The van der Waals surface area contributed by atoms with Crippen LogP contribution in [-0.2, 0) is 20.9 Å². The van der Waals surface area contributed by atoms with E-state index in [1.54, 1.807) is 16.0 Å². The highest BCUT2D eigenvalue weighted by atomic mass is 16.2. The van der Waals surface area contributed by atoms with E-state index >= 15 is 0 Å². The van der Waals surface area contributed by atoms with Crippen LogP contribution in [-0.4, -0.2) is 52.5 Å². The van der Waals surface area contributed by atoms with Crippen molar-refractivity contribution in [1.29, 1.82) is 0 Å². The Hall–Kier alpha value is -3.16. The number of H-pyrrole nitrogens is 1. The van der Waals surface area contributed by atoms with Crippen molar-refractivity contribution in [1.82, 2.24) is 20.4 Å². The number of hydrogen-bond acceptors (Lipinski definition) is 4. The first-order valence-electron chi connectivity index (χ1n) is 10.6. The molecule has 2 saturated heterocycles. The smallest absolute Gasteiger partial charge is 0.311 e. The molecule has 8 heteroatoms. The molecule has 2 aromatic rings. The van der Waals surface area contributed by atoms with Crippen molar-refractivity contribution in [2.75, 3.05) is 24.5 Å². The van der Waals surface area contributed by atoms with E-state index in [4.69, 9.17) is 0 Å². The number of aromatic nitrogens is 2. The lowest BCUT2D eigenvalue weighted by atomic mass is 9.95. The Morgan fingerprint density at radius 2 is 2.07 bits per heavy atom. The van der Waals surface area contributed by atoms with Crippen LogP contribution < -0.4 is 10.2 Å². The molecule has 8 nitrogen and oxygen atoms in total. The van der Waals surface area contributed by atoms with Crippen molar-refractivity contribution in [2.24, 2.45) is 0 Å². The number of piperidine rings is 2. The number of carbonyl (C=O) groups excluding carboxylic acids is 3. The first-order valence-corrected chi connectivity index (χ1v) is 10.6. The Morgan fingerprint density at radius 3 is 2.87 bits per heavy atom. The highest BCUT2D eigenvalue weighted by Crippen LogP contribution is 2.25. The average molecular weight is 409 g/mol. The quantitative estimate of drug-likeness (QED) is 0.754. The lowest BCUT2D eigenvalue weighted by Crippen LogP contribution is -2.46. The van der Waals surface area contributed by atoms with Crippen molar-refractivity contribution in [3.63, 3.8) is 0 Å². The van der Waals surface area contributed by atoms with Gasteiger partial charge in [0.25, 0.3) is 0 Å². The number of likely N-dealkylation sites (tertiary alicyclic amines) is 1. The molecule has 0 saturated carbocycles. The molecule has 2 N–H and O–H groups in total. The monoisotopic (exact) mass is 409 g/mol. The minimum absolute atomic E-state index is 0.134. The first kappa shape index (κ1) is 20.1. The summed E-state index contributed by atoms with van der Waals surface area (Å²) in [5.74, 6) is -0.785. The number of nitrogens with zero attached hydrogens (tertiary/aromatic N) is 3. The van der Waals surface area contributed by atoms with Crippen LogP contribution in [0.3, 0.4) is 0 Å². The number of aromatic amines is 1. The van der Waals surface area contributed by atoms with Gasteiger partial charge in [0.05, 0.1) is 0 Å². The summed E-state index contributed by atoms with van der Waals surface area (Å²) in [6, 6.07) is 9.49. The molecule has 0 radical (unpaired) electrons. The molecule has 30 heavy (non-hydrogen) atoms. The Morgan fingerprint density at radius 1 is 1.17 bits per heavy atom. The number of carbonyl (C=O) groups is 3. The molecule has 2 fully saturated rings. The van der Waals surface area contributed by atoms with E-state index in [0.29, 0.717) is 19.5 Å². The van der Waals surface area contributed by atoms with E-state index in [-0.39, 0.29) is 18.4 Å². The summed E-state index contributed by atoms with van der Waals surface area (Å²) < 4.78 is 0. The van der Waals surface area contributed by atoms with Gasteiger partial charge in [-0.25, -0.2) is 0 Å². The normalized spacial score (nSPS) is 19.6. The van der Waals surface area contributed by atoms with E-state index in [0.717, 1.165) is 49.2 Å². The summed E-state index contributed by atoms with van der Waals surface area (Å²) in [6.45, 7) is 2.07. The molecule has 1 aromatic heterocycles. The molecule has 0 bridgehead atoms. The summed E-state index contributed by atoms with van der Waals surface area (Å²) in [4.78, 5) is 40.6. The lowest BCUT2D eigenvalue weighted by Gasteiger charge is -2.31. The maximum atomic E-state index is 12.6. The van der Waals surface area contributed by atoms with Gasteiger partial charge in [-0.1, -0.05) is 12.1 Å². The highest BCUT2D eigenvalue weighted by Gasteiger charge is 2.29. The average Bonchev–Trinajstić information content (AvgIpc) is 3.33. The summed E-state index contributed by atoms with van der Waals surface area (Å²) in [6.07, 6.45) is 6.03. The van der Waals surface area contributed by atoms with Crippen molar-refractivity contribution < 1.29 is 14.4 Å². The van der Waals surface area contributed by atoms with E-state index in [2.05, 4.69) is 15.5 Å². The third-order valence-electron chi connectivity index (χ3n) is 5.86. The van der Waals surface area contributed by atoms with Crippen molar-refractivity contribution in [2.45, 2.75) is 44.6 Å². The largest absolute Gasteiger partial charge is 0.344 e. The summed E-state index contributed by atoms with van der Waals surface area (Å²) in [7, 11) is 0. The molecule has 1 aromatic carbocycles. The Bertz CT molecular complexity index is 911. The number of rotatable bonds is 4. The number of hydrogen-bond donors (Lipinski definition) is 2. The summed E-state index contributed by atoms with van der Waals surface area (Å²) >= 11 is 0. The van der Waals surface area contributed by atoms with Crippen LogP contribution in [0, 0.1) is 0 Å². The topological polar surface area (TPSA) is 98.4 Å². The fourth-order valence-electron chi connectivity index (χ4n) is 4.22. The standard InChI is InChI=1S/C22H27N5O3/c28-20-8-1-2-12-27(20)18-7-3-5-16(13-18)14-23-21(29)22(30)26-11-4-6-17(15-26)19-9-10-24-25-19/h3,5,7,9-10,13,17H,1-2,4,6,8,11-12,14-15H2,(H,23,29)(H,24,25). The molecule has 3 heterocycles. The maximum absolute atomic E-state index is 12.6. The SMILES string of the molecule is O=C(NCc1cccc(N2CCCCC2=O)c1)C(=O)N1CCCC(c2ccn[nH]2)C1. The van der Waals surface area contributed by atoms with Crippen LogP contribution in [0.4, 0.5) is 5.69 Å². The van der Waals surface area contributed by atoms with Crippen LogP contribution in [0.2, 0.25) is 0 Å². The molecule has 0 aliphatic carbocycles. The van der Waals surface area contributed by atoms with Gasteiger partial charge in [-0.15, -0.1) is 0 Å². The van der Waals surface area contributed by atoms with Crippen LogP contribution in [0.25, 0.3) is 0 Å². The van der Waals surface area contributed by atoms with E-state index < -0.39 is 11.8 Å². The first-order chi connectivity index (χ1) is 14.6. The van der Waals surface area contributed by atoms with Gasteiger partial charge in [0.1, 0.15) is 0 Å². The zero-order valence-corrected chi connectivity index (χ0v) is 17.0. The van der Waals surface area contributed by atoms with E-state index in [1.165, 1.54) is 0 Å². The maximum Gasteiger partial charge on any atom is 0.311 e. The van der Waals surface area contributed by atoms with Gasteiger partial charge in [0.15, 0.2) is 0 Å². The Labute approximate surface area is 175 Å². The van der Waals surface area contributed by atoms with Gasteiger partial charge >= 0.3 is 11.8 Å². The number of anilines is 1. The van der Waals surface area contributed by atoms with Crippen molar-refractivity contribution in [3.8, 4) is 0 Å². The molecule has 2 aliphatic heterocycles. The highest BCUT2D eigenvalue weighted by molar-refractivity contribution is 6.35. The molecule has 1 unspecified atom stereocenters. The van der Waals surface area contributed by atoms with Gasteiger partial charge in [-0.3, -0.25) is 19.5 Å². The second-order valence-corrected chi connectivity index (χ2v) is 7.96. The van der Waals surface area contributed by atoms with Crippen molar-refractivity contribution >= 4 is 23.4 Å². The molecule has 2 aliphatic rings. The molecular weight excluding hydrogens is 382 g/mol. The fourth-order valence-corrected chi connectivity index (χ4v) is 4.22. The number of benzene rings is 1. The Balaban J connectivity index is 1.33. The zero-order valence-electron chi connectivity index (χ0n) is 17.0. The third-order valence-corrected chi connectivity index (χ3v) is 5.86. The summed E-state index contributed by atoms with van der Waals surface area (Å²) in [5, 5.41) is 9.67. The van der Waals surface area contributed by atoms with Gasteiger partial charge in [0.2, 0.25) is 5.91 Å². The fraction of sp³-hybridized carbons (Fsp3) is 0.455. The third kappa shape index (κ3) is 4.53. The molecule has 4 rings (SSSR count). The number of nitrogens with one attached hydrogen (secondary N) is 2. The van der Waals surface area contributed by atoms with Crippen LogP contribution in [0.15, 0.2) is 36.5 Å². The van der Waals surface area contributed by atoms with Gasteiger partial charge in [-0.2, -0.15) is 5.10 Å². The molecule has 0 spiro atoms. The van der Waals surface area contributed by atoms with Crippen molar-refractivity contribution in [3.05, 3.63) is 47.8 Å². The van der Waals surface area contributed by atoms with Crippen LogP contribution >= 0.6 is 0 Å².